The van der Waals surface area contributed by atoms with Gasteiger partial charge in [0.15, 0.2) is 5.82 Å². The lowest BCUT2D eigenvalue weighted by atomic mass is 9.79. The number of fused-ring (bicyclic) bond motifs is 3. The Morgan fingerprint density at radius 1 is 1.30 bits per heavy atom. The highest BCUT2D eigenvalue weighted by Gasteiger charge is 2.38. The molecule has 2 bridgehead atoms. The van der Waals surface area contributed by atoms with Gasteiger partial charge in [-0.25, -0.2) is 9.37 Å². The van der Waals surface area contributed by atoms with Crippen LogP contribution in [-0.2, 0) is 6.18 Å². The van der Waals surface area contributed by atoms with Gasteiger partial charge in [-0.05, 0) is 37.8 Å². The summed E-state index contributed by atoms with van der Waals surface area (Å²) in [4.78, 5) is 3.48. The maximum absolute atomic E-state index is 13.7. The normalized spacial score (nSPS) is 29.5. The average molecular weight is 290 g/mol. The number of halogens is 4. The largest absolute Gasteiger partial charge is 0.471 e. The summed E-state index contributed by atoms with van der Waals surface area (Å²) < 4.78 is 56.4. The van der Waals surface area contributed by atoms with E-state index < -0.39 is 17.6 Å². The molecule has 1 aromatic rings. The van der Waals surface area contributed by atoms with Crippen LogP contribution < -0.4 is 10.1 Å². The fourth-order valence-corrected chi connectivity index (χ4v) is 2.89. The van der Waals surface area contributed by atoms with Crippen molar-refractivity contribution < 1.29 is 22.3 Å². The van der Waals surface area contributed by atoms with Crippen LogP contribution in [0.25, 0.3) is 0 Å². The summed E-state index contributed by atoms with van der Waals surface area (Å²) in [6.07, 6.45) is -1.37. The Kier molecular flexibility index (Phi) is 3.32. The van der Waals surface area contributed by atoms with E-state index in [1.54, 1.807) is 0 Å². The molecule has 110 valence electrons. The van der Waals surface area contributed by atoms with Crippen LogP contribution in [0, 0.1) is 11.7 Å². The summed E-state index contributed by atoms with van der Waals surface area (Å²) >= 11 is 0. The van der Waals surface area contributed by atoms with Gasteiger partial charge >= 0.3 is 6.18 Å². The van der Waals surface area contributed by atoms with Gasteiger partial charge in [0.05, 0.1) is 5.56 Å². The molecule has 2 saturated heterocycles. The Morgan fingerprint density at radius 3 is 2.60 bits per heavy atom. The van der Waals surface area contributed by atoms with Crippen molar-refractivity contribution in [2.75, 3.05) is 6.54 Å². The molecule has 0 unspecified atom stereocenters. The lowest BCUT2D eigenvalue weighted by molar-refractivity contribution is -0.138. The zero-order valence-electron chi connectivity index (χ0n) is 10.6. The van der Waals surface area contributed by atoms with E-state index in [0.29, 0.717) is 18.2 Å². The van der Waals surface area contributed by atoms with Crippen molar-refractivity contribution in [1.82, 2.24) is 10.3 Å². The Morgan fingerprint density at radius 2 is 2.10 bits per heavy atom. The Labute approximate surface area is 113 Å². The van der Waals surface area contributed by atoms with Crippen molar-refractivity contribution in [1.29, 1.82) is 0 Å². The zero-order chi connectivity index (χ0) is 14.3. The third-order valence-electron chi connectivity index (χ3n) is 3.97. The number of nitrogens with one attached hydrogen (secondary N) is 1. The highest BCUT2D eigenvalue weighted by Crippen LogP contribution is 2.34. The van der Waals surface area contributed by atoms with Crippen LogP contribution in [0.3, 0.4) is 0 Å². The molecule has 1 aromatic heterocycles. The molecule has 3 nitrogen and oxygen atoms in total. The molecule has 0 spiro atoms. The Hall–Kier alpha value is -1.37. The van der Waals surface area contributed by atoms with Gasteiger partial charge < -0.3 is 10.1 Å². The predicted octanol–water partition coefficient (Wildman–Crippen LogP) is 2.76. The van der Waals surface area contributed by atoms with Crippen LogP contribution in [0.4, 0.5) is 17.6 Å². The van der Waals surface area contributed by atoms with Crippen molar-refractivity contribution >= 4 is 0 Å². The van der Waals surface area contributed by atoms with E-state index in [2.05, 4.69) is 10.3 Å². The average Bonchev–Trinajstić information content (AvgIpc) is 2.41. The molecule has 1 saturated carbocycles. The summed E-state index contributed by atoms with van der Waals surface area (Å²) in [6, 6.07) is 0.556. The van der Waals surface area contributed by atoms with E-state index in [1.165, 1.54) is 0 Å². The van der Waals surface area contributed by atoms with Gasteiger partial charge in [0, 0.05) is 12.2 Å². The second kappa shape index (κ2) is 4.87. The van der Waals surface area contributed by atoms with E-state index in [9.17, 15) is 17.6 Å². The van der Waals surface area contributed by atoms with E-state index in [4.69, 9.17) is 4.74 Å². The van der Waals surface area contributed by atoms with E-state index in [1.807, 2.05) is 0 Å². The molecular formula is C13H14F4N2O. The quantitative estimate of drug-likeness (QED) is 0.850. The number of nitrogens with zero attached hydrogens (tertiary/aromatic N) is 1. The van der Waals surface area contributed by atoms with Crippen molar-refractivity contribution in [2.45, 2.75) is 37.6 Å². The fraction of sp³-hybridized carbons (Fsp3) is 0.615. The first-order valence-corrected chi connectivity index (χ1v) is 6.56. The van der Waals surface area contributed by atoms with Crippen LogP contribution in [-0.4, -0.2) is 23.7 Å². The number of rotatable bonds is 2. The molecular weight excluding hydrogens is 276 g/mol. The lowest BCUT2D eigenvalue weighted by Gasteiger charge is -2.42. The Bertz CT molecular complexity index is 498. The lowest BCUT2D eigenvalue weighted by Crippen LogP contribution is -2.55. The number of pyridine rings is 1. The molecule has 3 aliphatic rings. The number of piperidine rings is 2. The van der Waals surface area contributed by atoms with Crippen LogP contribution in [0.5, 0.6) is 5.88 Å². The number of alkyl halides is 3. The van der Waals surface area contributed by atoms with Crippen LogP contribution >= 0.6 is 0 Å². The monoisotopic (exact) mass is 290 g/mol. The highest BCUT2D eigenvalue weighted by molar-refractivity contribution is 5.23. The first-order chi connectivity index (χ1) is 9.43. The van der Waals surface area contributed by atoms with Crippen LogP contribution in [0.15, 0.2) is 12.3 Å². The minimum absolute atomic E-state index is 0.128. The first kappa shape index (κ1) is 13.6. The maximum Gasteiger partial charge on any atom is 0.417 e. The van der Waals surface area contributed by atoms with Gasteiger partial charge in [-0.3, -0.25) is 0 Å². The van der Waals surface area contributed by atoms with Gasteiger partial charge in [-0.1, -0.05) is 0 Å². The molecule has 0 radical (unpaired) electrons. The van der Waals surface area contributed by atoms with Crippen molar-refractivity contribution in [2.24, 2.45) is 5.92 Å². The van der Waals surface area contributed by atoms with Gasteiger partial charge in [0.2, 0.25) is 0 Å². The second-order valence-electron chi connectivity index (χ2n) is 5.36. The molecule has 2 aliphatic heterocycles. The van der Waals surface area contributed by atoms with Gasteiger partial charge in [0.25, 0.3) is 5.88 Å². The Balaban J connectivity index is 1.75. The number of hydrogen-bond acceptors (Lipinski definition) is 3. The topological polar surface area (TPSA) is 34.1 Å². The smallest absolute Gasteiger partial charge is 0.417 e. The molecule has 0 amide bonds. The molecule has 4 rings (SSSR count). The standard InChI is InChI=1S/C13H14F4N2O/c14-9-4-8(13(15,16)17)6-19-12(9)20-11-3-7-1-2-10(11)18-5-7/h4,6-7,10-11,18H,1-3,5H2/t7-,10+,11-/m1/s1. The number of ether oxygens (including phenoxy) is 1. The second-order valence-corrected chi connectivity index (χ2v) is 5.36. The maximum atomic E-state index is 13.7. The number of hydrogen-bond donors (Lipinski definition) is 1. The molecule has 1 aliphatic carbocycles. The van der Waals surface area contributed by atoms with Gasteiger partial charge in [-0.15, -0.1) is 0 Å². The highest BCUT2D eigenvalue weighted by atomic mass is 19.4. The molecule has 1 N–H and O–H groups in total. The number of aromatic nitrogens is 1. The zero-order valence-corrected chi connectivity index (χ0v) is 10.6. The molecule has 20 heavy (non-hydrogen) atoms. The molecule has 3 heterocycles. The summed E-state index contributed by atoms with van der Waals surface area (Å²) in [6.45, 7) is 0.924. The van der Waals surface area contributed by atoms with E-state index in [-0.39, 0.29) is 18.0 Å². The van der Waals surface area contributed by atoms with Crippen molar-refractivity contribution in [3.63, 3.8) is 0 Å². The van der Waals surface area contributed by atoms with Crippen LogP contribution in [0.1, 0.15) is 24.8 Å². The van der Waals surface area contributed by atoms with Gasteiger partial charge in [0.1, 0.15) is 6.10 Å². The minimum atomic E-state index is -4.60. The molecule has 7 heteroatoms. The molecule has 3 fully saturated rings. The van der Waals surface area contributed by atoms with Crippen molar-refractivity contribution in [3.05, 3.63) is 23.6 Å². The third-order valence-corrected chi connectivity index (χ3v) is 3.97. The summed E-state index contributed by atoms with van der Waals surface area (Å²) in [5.74, 6) is -0.930. The summed E-state index contributed by atoms with van der Waals surface area (Å²) in [5.41, 5.74) is -1.11. The molecule has 3 atom stereocenters. The third kappa shape index (κ3) is 2.59. The molecule has 0 aromatic carbocycles. The first-order valence-electron chi connectivity index (χ1n) is 6.56. The van der Waals surface area contributed by atoms with Crippen molar-refractivity contribution in [3.8, 4) is 5.88 Å². The summed E-state index contributed by atoms with van der Waals surface area (Å²) in [7, 11) is 0. The van der Waals surface area contributed by atoms with E-state index in [0.717, 1.165) is 25.8 Å². The van der Waals surface area contributed by atoms with Crippen LogP contribution in [0.2, 0.25) is 0 Å². The van der Waals surface area contributed by atoms with E-state index >= 15 is 0 Å². The van der Waals surface area contributed by atoms with Gasteiger partial charge in [-0.2, -0.15) is 13.2 Å². The fourth-order valence-electron chi connectivity index (χ4n) is 2.89. The minimum Gasteiger partial charge on any atom is -0.471 e. The summed E-state index contributed by atoms with van der Waals surface area (Å²) in [5, 5.41) is 3.29. The predicted molar refractivity (Wildman–Crippen MR) is 62.7 cm³/mol. The SMILES string of the molecule is Fc1cc(C(F)(F)F)cnc1O[C@@H]1C[C@H]2CC[C@@H]1NC2.